The van der Waals surface area contributed by atoms with Gasteiger partial charge in [-0.15, -0.1) is 24.0 Å². The van der Waals surface area contributed by atoms with Crippen molar-refractivity contribution in [2.24, 2.45) is 0 Å². The van der Waals surface area contributed by atoms with Crippen molar-refractivity contribution < 1.29 is 4.79 Å². The van der Waals surface area contributed by atoms with Crippen LogP contribution in [0.25, 0.3) is 0 Å². The van der Waals surface area contributed by atoms with E-state index in [9.17, 15) is 4.79 Å². The molecule has 2 rings (SSSR count). The van der Waals surface area contributed by atoms with Gasteiger partial charge in [-0.25, -0.2) is 0 Å². The van der Waals surface area contributed by atoms with Crippen LogP contribution in [0.2, 0.25) is 0 Å². The summed E-state index contributed by atoms with van der Waals surface area (Å²) in [5, 5.41) is 2.02. The van der Waals surface area contributed by atoms with E-state index in [-0.39, 0.29) is 11.9 Å². The van der Waals surface area contributed by atoms with Crippen LogP contribution >= 0.6 is 24.0 Å². The molecule has 0 saturated heterocycles. The largest absolute Gasteiger partial charge is 0.334 e. The fourth-order valence-electron chi connectivity index (χ4n) is 1.74. The highest BCUT2D eigenvalue weighted by atomic mass is 32.1. The third-order valence-electron chi connectivity index (χ3n) is 2.99. The molecule has 1 heterocycles. The third-order valence-corrected chi connectivity index (χ3v) is 4.42. The van der Waals surface area contributed by atoms with Crippen LogP contribution in [0, 0.1) is 0 Å². The number of nitrogens with zero attached hydrogens (tertiary/aromatic N) is 1. The molecule has 0 fully saturated rings. The second-order valence-corrected chi connectivity index (χ2v) is 5.59. The first-order valence-electron chi connectivity index (χ1n) is 5.70. The maximum Gasteiger partial charge on any atom is 0.255 e. The van der Waals surface area contributed by atoms with Gasteiger partial charge >= 0.3 is 0 Å². The molecule has 0 aliphatic rings. The van der Waals surface area contributed by atoms with E-state index in [1.807, 2.05) is 55.7 Å². The van der Waals surface area contributed by atoms with Crippen molar-refractivity contribution in [3.63, 3.8) is 0 Å². The number of thiol groups is 1. The van der Waals surface area contributed by atoms with E-state index in [0.29, 0.717) is 10.5 Å². The third kappa shape index (κ3) is 2.60. The van der Waals surface area contributed by atoms with Gasteiger partial charge in [-0.3, -0.25) is 4.79 Å². The van der Waals surface area contributed by atoms with Gasteiger partial charge in [0, 0.05) is 16.8 Å². The molecule has 0 aliphatic carbocycles. The summed E-state index contributed by atoms with van der Waals surface area (Å²) in [4.78, 5) is 16.0. The molecule has 18 heavy (non-hydrogen) atoms. The lowest BCUT2D eigenvalue weighted by atomic mass is 10.1. The van der Waals surface area contributed by atoms with Crippen LogP contribution in [-0.4, -0.2) is 17.9 Å². The zero-order chi connectivity index (χ0) is 13.1. The van der Waals surface area contributed by atoms with Gasteiger partial charge in [0.25, 0.3) is 5.91 Å². The van der Waals surface area contributed by atoms with E-state index >= 15 is 0 Å². The van der Waals surface area contributed by atoms with Crippen molar-refractivity contribution in [2.75, 3.05) is 7.05 Å². The average molecular weight is 277 g/mol. The number of carbonyl (C=O) groups is 1. The summed E-state index contributed by atoms with van der Waals surface area (Å²) >= 11 is 5.99. The van der Waals surface area contributed by atoms with Crippen molar-refractivity contribution in [1.82, 2.24) is 4.90 Å². The predicted molar refractivity (Wildman–Crippen MR) is 78.5 cm³/mol. The lowest BCUT2D eigenvalue weighted by Gasteiger charge is -2.24. The lowest BCUT2D eigenvalue weighted by Crippen LogP contribution is -2.29. The Morgan fingerprint density at radius 3 is 2.61 bits per heavy atom. The summed E-state index contributed by atoms with van der Waals surface area (Å²) in [5.41, 5.74) is 0.645. The fraction of sp³-hybridized carbons (Fsp3) is 0.214. The zero-order valence-corrected chi connectivity index (χ0v) is 12.0. The Kier molecular flexibility index (Phi) is 4.09. The maximum absolute atomic E-state index is 12.4. The van der Waals surface area contributed by atoms with Gasteiger partial charge < -0.3 is 4.90 Å². The molecule has 2 aromatic rings. The summed E-state index contributed by atoms with van der Waals surface area (Å²) in [6.07, 6.45) is 0. The molecule has 0 aliphatic heterocycles. The molecule has 0 bridgehead atoms. The van der Waals surface area contributed by atoms with Crippen molar-refractivity contribution in [3.05, 3.63) is 52.2 Å². The van der Waals surface area contributed by atoms with Crippen LogP contribution in [0.3, 0.4) is 0 Å². The highest BCUT2D eigenvalue weighted by molar-refractivity contribution is 7.80. The lowest BCUT2D eigenvalue weighted by molar-refractivity contribution is 0.0741. The van der Waals surface area contributed by atoms with E-state index in [1.54, 1.807) is 16.2 Å². The molecule has 0 spiro atoms. The van der Waals surface area contributed by atoms with Gasteiger partial charge in [0.15, 0.2) is 0 Å². The molecular formula is C14H15NOS2. The minimum atomic E-state index is 0.00139. The summed E-state index contributed by atoms with van der Waals surface area (Å²) in [6.45, 7) is 2.03. The number of thiophene rings is 1. The van der Waals surface area contributed by atoms with Crippen LogP contribution < -0.4 is 0 Å². The first kappa shape index (κ1) is 13.2. The van der Waals surface area contributed by atoms with Gasteiger partial charge in [0.05, 0.1) is 11.6 Å². The Hall–Kier alpha value is -1.26. The van der Waals surface area contributed by atoms with E-state index in [1.165, 1.54) is 4.88 Å². The minimum Gasteiger partial charge on any atom is -0.334 e. The number of hydrogen-bond donors (Lipinski definition) is 1. The van der Waals surface area contributed by atoms with Crippen molar-refractivity contribution >= 4 is 29.9 Å². The van der Waals surface area contributed by atoms with Crippen LogP contribution in [0.4, 0.5) is 0 Å². The molecular weight excluding hydrogens is 262 g/mol. The Labute approximate surface area is 117 Å². The summed E-state index contributed by atoms with van der Waals surface area (Å²) in [5.74, 6) is 0.00139. The Balaban J connectivity index is 2.22. The molecule has 1 atom stereocenters. The molecule has 1 amide bonds. The highest BCUT2D eigenvalue weighted by Crippen LogP contribution is 2.25. The smallest absolute Gasteiger partial charge is 0.255 e. The fourth-order valence-corrected chi connectivity index (χ4v) is 2.82. The van der Waals surface area contributed by atoms with Gasteiger partial charge in [-0.1, -0.05) is 18.2 Å². The maximum atomic E-state index is 12.4. The number of amides is 1. The Morgan fingerprint density at radius 1 is 1.28 bits per heavy atom. The summed E-state index contributed by atoms with van der Waals surface area (Å²) in [7, 11) is 1.83. The second-order valence-electron chi connectivity index (χ2n) is 4.12. The normalized spacial score (nSPS) is 12.2. The minimum absolute atomic E-state index is 0.00139. The Bertz CT molecular complexity index is 536. The quantitative estimate of drug-likeness (QED) is 0.844. The highest BCUT2D eigenvalue weighted by Gasteiger charge is 2.20. The first-order valence-corrected chi connectivity index (χ1v) is 7.02. The number of carbonyl (C=O) groups excluding carboxylic acids is 1. The zero-order valence-electron chi connectivity index (χ0n) is 10.3. The molecule has 4 heteroatoms. The molecule has 1 aromatic heterocycles. The van der Waals surface area contributed by atoms with Gasteiger partial charge in [0.2, 0.25) is 0 Å². The molecule has 1 aromatic carbocycles. The van der Waals surface area contributed by atoms with Crippen LogP contribution in [0.15, 0.2) is 46.7 Å². The summed E-state index contributed by atoms with van der Waals surface area (Å²) < 4.78 is 0. The standard InChI is InChI=1S/C14H15NOS2/c1-10(13-8-5-9-18-13)15(2)14(16)11-6-3-4-7-12(11)17/h3-10,17H,1-2H3. The van der Waals surface area contributed by atoms with Crippen molar-refractivity contribution in [3.8, 4) is 0 Å². The van der Waals surface area contributed by atoms with Crippen LogP contribution in [-0.2, 0) is 0 Å². The van der Waals surface area contributed by atoms with Crippen molar-refractivity contribution in [1.29, 1.82) is 0 Å². The van der Waals surface area contributed by atoms with E-state index in [4.69, 9.17) is 0 Å². The van der Waals surface area contributed by atoms with Crippen LogP contribution in [0.1, 0.15) is 28.2 Å². The molecule has 94 valence electrons. The number of benzene rings is 1. The monoisotopic (exact) mass is 277 g/mol. The second kappa shape index (κ2) is 5.59. The van der Waals surface area contributed by atoms with E-state index in [2.05, 4.69) is 12.6 Å². The Morgan fingerprint density at radius 2 is 2.00 bits per heavy atom. The molecule has 2 nitrogen and oxygen atoms in total. The first-order chi connectivity index (χ1) is 8.61. The SMILES string of the molecule is CC(c1cccs1)N(C)C(=O)c1ccccc1S. The summed E-state index contributed by atoms with van der Waals surface area (Å²) in [6, 6.07) is 11.5. The molecule has 0 radical (unpaired) electrons. The van der Waals surface area contributed by atoms with Gasteiger partial charge in [-0.05, 0) is 30.5 Å². The topological polar surface area (TPSA) is 20.3 Å². The average Bonchev–Trinajstić information content (AvgIpc) is 2.90. The van der Waals surface area contributed by atoms with Crippen molar-refractivity contribution in [2.45, 2.75) is 17.9 Å². The van der Waals surface area contributed by atoms with Gasteiger partial charge in [-0.2, -0.15) is 0 Å². The van der Waals surface area contributed by atoms with Gasteiger partial charge in [0.1, 0.15) is 0 Å². The van der Waals surface area contributed by atoms with E-state index < -0.39 is 0 Å². The molecule has 0 N–H and O–H groups in total. The predicted octanol–water partition coefficient (Wildman–Crippen LogP) is 3.87. The van der Waals surface area contributed by atoms with Crippen LogP contribution in [0.5, 0.6) is 0 Å². The number of rotatable bonds is 3. The molecule has 0 saturated carbocycles. The molecule has 1 unspecified atom stereocenters. The number of hydrogen-bond acceptors (Lipinski definition) is 3. The van der Waals surface area contributed by atoms with E-state index in [0.717, 1.165) is 0 Å².